The van der Waals surface area contributed by atoms with Gasteiger partial charge in [-0.25, -0.2) is 4.39 Å². The maximum Gasteiger partial charge on any atom is 0.307 e. The van der Waals surface area contributed by atoms with Gasteiger partial charge >= 0.3 is 5.97 Å². The Bertz CT molecular complexity index is 1350. The normalized spacial score (nSPS) is 19.9. The molecule has 2 aliphatic carbocycles. The van der Waals surface area contributed by atoms with Crippen LogP contribution in [0.25, 0.3) is 0 Å². The fourth-order valence-electron chi connectivity index (χ4n) is 5.38. The zero-order valence-corrected chi connectivity index (χ0v) is 22.8. The molecule has 3 aromatic carbocycles. The van der Waals surface area contributed by atoms with E-state index in [2.05, 4.69) is 0 Å². The largest absolute Gasteiger partial charge is 0.493 e. The minimum Gasteiger partial charge on any atom is -0.493 e. The van der Waals surface area contributed by atoms with Crippen molar-refractivity contribution in [2.45, 2.75) is 71.0 Å². The van der Waals surface area contributed by atoms with Crippen LogP contribution in [-0.2, 0) is 11.2 Å². The van der Waals surface area contributed by atoms with Crippen molar-refractivity contribution in [3.05, 3.63) is 82.2 Å². The van der Waals surface area contributed by atoms with Gasteiger partial charge in [-0.1, -0.05) is 12.1 Å². The molecule has 6 nitrogen and oxygen atoms in total. The van der Waals surface area contributed by atoms with E-state index in [0.717, 1.165) is 28.0 Å². The van der Waals surface area contributed by atoms with Crippen molar-refractivity contribution in [1.82, 2.24) is 0 Å². The number of hydrogen-bond donors (Lipinski definition) is 2. The number of aryl methyl sites for hydroxylation is 2. The summed E-state index contributed by atoms with van der Waals surface area (Å²) in [6.45, 7) is 7.83. The molecule has 0 aliphatic heterocycles. The summed E-state index contributed by atoms with van der Waals surface area (Å²) in [7, 11) is 0. The Hall–Kier alpha value is -3.58. The van der Waals surface area contributed by atoms with Crippen LogP contribution >= 0.6 is 0 Å². The van der Waals surface area contributed by atoms with Crippen LogP contribution in [0.5, 0.6) is 23.0 Å². The SMILES string of the molecule is Cc1cc(Oc2ccc(F)c3c2CC[C@H]3Oc2ccc([C@H]3C[C@@H]3C(=O)O)cc2)cc(C)c1OCCC(C)(C)O. The highest BCUT2D eigenvalue weighted by atomic mass is 19.1. The van der Waals surface area contributed by atoms with Crippen LogP contribution in [0.2, 0.25) is 0 Å². The lowest BCUT2D eigenvalue weighted by Gasteiger charge is -2.20. The minimum absolute atomic E-state index is 0.0569. The van der Waals surface area contributed by atoms with Crippen LogP contribution in [0.3, 0.4) is 0 Å². The summed E-state index contributed by atoms with van der Waals surface area (Å²) in [5, 5.41) is 19.1. The van der Waals surface area contributed by atoms with E-state index >= 15 is 4.39 Å². The van der Waals surface area contributed by atoms with Gasteiger partial charge in [-0.3, -0.25) is 4.79 Å². The van der Waals surface area contributed by atoms with E-state index in [1.165, 1.54) is 6.07 Å². The summed E-state index contributed by atoms with van der Waals surface area (Å²) in [6, 6.07) is 14.4. The Morgan fingerprint density at radius 2 is 1.74 bits per heavy atom. The molecule has 0 spiro atoms. The Morgan fingerprint density at radius 3 is 2.36 bits per heavy atom. The third-order valence-electron chi connectivity index (χ3n) is 7.56. The Kier molecular flexibility index (Phi) is 7.29. The molecule has 1 fully saturated rings. The summed E-state index contributed by atoms with van der Waals surface area (Å²) in [4.78, 5) is 11.2. The van der Waals surface area contributed by atoms with Crippen molar-refractivity contribution < 1.29 is 33.6 Å². The number of rotatable bonds is 10. The zero-order valence-electron chi connectivity index (χ0n) is 22.8. The summed E-state index contributed by atoms with van der Waals surface area (Å²) in [6.07, 6.45) is 2.01. The highest BCUT2D eigenvalue weighted by Gasteiger charge is 2.44. The average molecular weight is 535 g/mol. The van der Waals surface area contributed by atoms with Crippen LogP contribution in [0.4, 0.5) is 4.39 Å². The fraction of sp³-hybridized carbons (Fsp3) is 0.406. The molecule has 1 saturated carbocycles. The maximum atomic E-state index is 15.0. The Labute approximate surface area is 228 Å². The van der Waals surface area contributed by atoms with E-state index in [0.29, 0.717) is 55.1 Å². The average Bonchev–Trinajstić information content (AvgIpc) is 3.56. The van der Waals surface area contributed by atoms with Crippen LogP contribution in [0.15, 0.2) is 48.5 Å². The first-order valence-corrected chi connectivity index (χ1v) is 13.4. The molecule has 2 N–H and O–H groups in total. The summed E-state index contributed by atoms with van der Waals surface area (Å²) < 4.78 is 33.4. The molecular weight excluding hydrogens is 499 g/mol. The molecule has 0 bridgehead atoms. The number of hydrogen-bond acceptors (Lipinski definition) is 5. The lowest BCUT2D eigenvalue weighted by Crippen LogP contribution is -2.22. The summed E-state index contributed by atoms with van der Waals surface area (Å²) in [5.41, 5.74) is 3.36. The molecule has 0 heterocycles. The van der Waals surface area contributed by atoms with E-state index in [4.69, 9.17) is 14.2 Å². The van der Waals surface area contributed by atoms with E-state index < -0.39 is 17.7 Å². The highest BCUT2D eigenvalue weighted by molar-refractivity contribution is 5.75. The van der Waals surface area contributed by atoms with Crippen LogP contribution in [-0.4, -0.2) is 28.4 Å². The molecular formula is C32H35FO6. The molecule has 0 saturated heterocycles. The van der Waals surface area contributed by atoms with E-state index in [-0.39, 0.29) is 17.7 Å². The smallest absolute Gasteiger partial charge is 0.307 e. The van der Waals surface area contributed by atoms with Gasteiger partial charge < -0.3 is 24.4 Å². The topological polar surface area (TPSA) is 85.2 Å². The second-order valence-electron chi connectivity index (χ2n) is 11.3. The summed E-state index contributed by atoms with van der Waals surface area (Å²) in [5.74, 6) is 1.33. The molecule has 0 radical (unpaired) electrons. The van der Waals surface area contributed by atoms with Crippen molar-refractivity contribution >= 4 is 5.97 Å². The lowest BCUT2D eigenvalue weighted by atomic mass is 10.1. The van der Waals surface area contributed by atoms with Crippen molar-refractivity contribution in [3.8, 4) is 23.0 Å². The van der Waals surface area contributed by atoms with Crippen molar-refractivity contribution in [1.29, 1.82) is 0 Å². The molecule has 206 valence electrons. The number of aliphatic carboxylic acids is 1. The molecule has 39 heavy (non-hydrogen) atoms. The van der Waals surface area contributed by atoms with Gasteiger partial charge in [0.2, 0.25) is 0 Å². The standard InChI is InChI=1S/C32H35FO6/c1-18-15-22(16-19(2)30(18)37-14-13-32(3,4)36)39-27-12-10-26(33)29-23(27)9-11-28(29)38-21-7-5-20(6-8-21)24-17-25(24)31(34)35/h5-8,10,12,15-16,24-25,28,36H,9,11,13-14,17H2,1-4H3,(H,34,35)/t24-,25+,28-/m1/s1. The first-order chi connectivity index (χ1) is 18.5. The highest BCUT2D eigenvalue weighted by Crippen LogP contribution is 2.48. The predicted molar refractivity (Wildman–Crippen MR) is 145 cm³/mol. The number of carbonyl (C=O) groups is 1. The minimum atomic E-state index is -0.791. The molecule has 2 aliphatic rings. The second kappa shape index (κ2) is 10.5. The van der Waals surface area contributed by atoms with Gasteiger partial charge in [0.1, 0.15) is 34.9 Å². The Balaban J connectivity index is 1.29. The molecule has 5 rings (SSSR count). The van der Waals surface area contributed by atoms with Gasteiger partial charge in [-0.2, -0.15) is 0 Å². The van der Waals surface area contributed by atoms with Crippen molar-refractivity contribution in [2.24, 2.45) is 5.92 Å². The number of benzene rings is 3. The quantitative estimate of drug-likeness (QED) is 0.291. The van der Waals surface area contributed by atoms with Gasteiger partial charge in [0, 0.05) is 17.5 Å². The molecule has 0 unspecified atom stereocenters. The molecule has 3 aromatic rings. The lowest BCUT2D eigenvalue weighted by molar-refractivity contribution is -0.138. The van der Waals surface area contributed by atoms with E-state index in [1.54, 1.807) is 19.9 Å². The zero-order chi connectivity index (χ0) is 27.9. The van der Waals surface area contributed by atoms with Gasteiger partial charge in [-0.15, -0.1) is 0 Å². The number of carboxylic acids is 1. The summed E-state index contributed by atoms with van der Waals surface area (Å²) >= 11 is 0. The first-order valence-electron chi connectivity index (χ1n) is 13.4. The second-order valence-corrected chi connectivity index (χ2v) is 11.3. The molecule has 7 heteroatoms. The third-order valence-corrected chi connectivity index (χ3v) is 7.56. The van der Waals surface area contributed by atoms with Gasteiger partial charge in [0.05, 0.1) is 18.1 Å². The number of carboxylic acid groups (broad SMARTS) is 1. The van der Waals surface area contributed by atoms with Crippen LogP contribution in [0.1, 0.15) is 72.9 Å². The molecule has 0 aromatic heterocycles. The van der Waals surface area contributed by atoms with E-state index in [9.17, 15) is 15.0 Å². The number of aliphatic hydroxyl groups is 1. The third kappa shape index (κ3) is 6.04. The molecule has 0 amide bonds. The fourth-order valence-corrected chi connectivity index (χ4v) is 5.38. The van der Waals surface area contributed by atoms with Crippen molar-refractivity contribution in [3.63, 3.8) is 0 Å². The van der Waals surface area contributed by atoms with Gasteiger partial charge in [0.15, 0.2) is 0 Å². The maximum absolute atomic E-state index is 15.0. The van der Waals surface area contributed by atoms with Gasteiger partial charge in [0.25, 0.3) is 0 Å². The van der Waals surface area contributed by atoms with Crippen LogP contribution in [0, 0.1) is 25.6 Å². The first kappa shape index (κ1) is 27.0. The van der Waals surface area contributed by atoms with Gasteiger partial charge in [-0.05, 0) is 106 Å². The number of halogens is 1. The molecule has 3 atom stereocenters. The number of ether oxygens (including phenoxy) is 3. The van der Waals surface area contributed by atoms with Crippen LogP contribution < -0.4 is 14.2 Å². The monoisotopic (exact) mass is 534 g/mol. The van der Waals surface area contributed by atoms with Crippen molar-refractivity contribution in [2.75, 3.05) is 6.61 Å². The number of fused-ring (bicyclic) bond motifs is 1. The Morgan fingerprint density at radius 1 is 1.05 bits per heavy atom. The van der Waals surface area contributed by atoms with E-state index in [1.807, 2.05) is 50.2 Å². The predicted octanol–water partition coefficient (Wildman–Crippen LogP) is 7.03.